The Morgan fingerprint density at radius 1 is 1.24 bits per heavy atom. The number of anilines is 1. The molecule has 1 aliphatic carbocycles. The first-order valence-electron chi connectivity index (χ1n) is 6.58. The lowest BCUT2D eigenvalue weighted by Gasteiger charge is -2.27. The standard InChI is InChI=1S/C12H22N4O/c1-2-9-3-5-10(6-4-9)8-14-12-16-15-11(7-13)17-12/h9-10H,2-8,13H2,1H3,(H,14,16). The van der Waals surface area contributed by atoms with Gasteiger partial charge in [0.05, 0.1) is 6.54 Å². The van der Waals surface area contributed by atoms with Crippen molar-refractivity contribution in [1.82, 2.24) is 10.2 Å². The highest BCUT2D eigenvalue weighted by molar-refractivity contribution is 5.16. The van der Waals surface area contributed by atoms with Crippen LogP contribution in [0.5, 0.6) is 0 Å². The molecule has 17 heavy (non-hydrogen) atoms. The average molecular weight is 238 g/mol. The molecule has 3 N–H and O–H groups in total. The Bertz CT molecular complexity index is 331. The lowest BCUT2D eigenvalue weighted by molar-refractivity contribution is 0.277. The first-order chi connectivity index (χ1) is 8.31. The third kappa shape index (κ3) is 3.43. The summed E-state index contributed by atoms with van der Waals surface area (Å²) in [5.41, 5.74) is 5.41. The predicted octanol–water partition coefficient (Wildman–Crippen LogP) is 2.16. The molecule has 0 aliphatic heterocycles. The maximum Gasteiger partial charge on any atom is 0.315 e. The quantitative estimate of drug-likeness (QED) is 0.822. The van der Waals surface area contributed by atoms with Crippen molar-refractivity contribution >= 4 is 6.01 Å². The molecule has 1 aromatic rings. The molecular weight excluding hydrogens is 216 g/mol. The molecule has 0 spiro atoms. The number of hydrogen-bond acceptors (Lipinski definition) is 5. The molecule has 0 saturated heterocycles. The maximum absolute atomic E-state index is 5.41. The van der Waals surface area contributed by atoms with Crippen LogP contribution >= 0.6 is 0 Å². The van der Waals surface area contributed by atoms with Crippen LogP contribution in [0.15, 0.2) is 4.42 Å². The van der Waals surface area contributed by atoms with E-state index in [-0.39, 0.29) is 0 Å². The van der Waals surface area contributed by atoms with E-state index in [1.807, 2.05) is 0 Å². The molecule has 1 aliphatic rings. The summed E-state index contributed by atoms with van der Waals surface area (Å²) in [6, 6.07) is 0.503. The highest BCUT2D eigenvalue weighted by Gasteiger charge is 2.20. The molecule has 5 heteroatoms. The van der Waals surface area contributed by atoms with E-state index in [1.165, 1.54) is 32.1 Å². The van der Waals surface area contributed by atoms with Crippen LogP contribution in [0.1, 0.15) is 44.9 Å². The van der Waals surface area contributed by atoms with Crippen molar-refractivity contribution in [3.63, 3.8) is 0 Å². The normalized spacial score (nSPS) is 24.8. The van der Waals surface area contributed by atoms with Crippen LogP contribution in [0.3, 0.4) is 0 Å². The first kappa shape index (κ1) is 12.4. The van der Waals surface area contributed by atoms with E-state index in [0.29, 0.717) is 18.5 Å². The molecule has 1 saturated carbocycles. The minimum Gasteiger partial charge on any atom is -0.407 e. The van der Waals surface area contributed by atoms with Gasteiger partial charge < -0.3 is 15.5 Å². The van der Waals surface area contributed by atoms with E-state index in [0.717, 1.165) is 18.4 Å². The summed E-state index contributed by atoms with van der Waals surface area (Å²) in [7, 11) is 0. The predicted molar refractivity (Wildman–Crippen MR) is 66.4 cm³/mol. The number of hydrogen-bond donors (Lipinski definition) is 2. The lowest BCUT2D eigenvalue weighted by Crippen LogP contribution is -2.21. The molecular formula is C12H22N4O. The molecule has 1 fully saturated rings. The zero-order chi connectivity index (χ0) is 12.1. The van der Waals surface area contributed by atoms with Crippen LogP contribution in [0.2, 0.25) is 0 Å². The molecule has 0 radical (unpaired) electrons. The van der Waals surface area contributed by atoms with Gasteiger partial charge in [-0.1, -0.05) is 31.3 Å². The van der Waals surface area contributed by atoms with Crippen LogP contribution in [0.25, 0.3) is 0 Å². The van der Waals surface area contributed by atoms with Crippen LogP contribution in [-0.4, -0.2) is 16.7 Å². The summed E-state index contributed by atoms with van der Waals surface area (Å²) in [5.74, 6) is 2.17. The Hall–Kier alpha value is -1.10. The second-order valence-corrected chi connectivity index (χ2v) is 4.88. The molecule has 0 atom stereocenters. The van der Waals surface area contributed by atoms with Gasteiger partial charge in [-0.2, -0.15) is 0 Å². The Kier molecular flexibility index (Phi) is 4.36. The van der Waals surface area contributed by atoms with Gasteiger partial charge in [0.25, 0.3) is 0 Å². The minimum atomic E-state index is 0.302. The fourth-order valence-electron chi connectivity index (χ4n) is 2.48. The summed E-state index contributed by atoms with van der Waals surface area (Å²) in [4.78, 5) is 0. The first-order valence-corrected chi connectivity index (χ1v) is 6.58. The van der Waals surface area contributed by atoms with Gasteiger partial charge in [-0.3, -0.25) is 0 Å². The Labute approximate surface area is 102 Å². The van der Waals surface area contributed by atoms with Gasteiger partial charge in [0, 0.05) is 6.54 Å². The van der Waals surface area contributed by atoms with E-state index in [1.54, 1.807) is 0 Å². The largest absolute Gasteiger partial charge is 0.407 e. The van der Waals surface area contributed by atoms with Crippen molar-refractivity contribution in [2.45, 2.75) is 45.6 Å². The number of nitrogens with two attached hydrogens (primary N) is 1. The third-order valence-corrected chi connectivity index (χ3v) is 3.73. The smallest absolute Gasteiger partial charge is 0.315 e. The van der Waals surface area contributed by atoms with Crippen molar-refractivity contribution in [3.05, 3.63) is 5.89 Å². The average Bonchev–Trinajstić information content (AvgIpc) is 2.85. The molecule has 0 amide bonds. The van der Waals surface area contributed by atoms with E-state index < -0.39 is 0 Å². The fourth-order valence-corrected chi connectivity index (χ4v) is 2.48. The van der Waals surface area contributed by atoms with E-state index in [2.05, 4.69) is 22.4 Å². The monoisotopic (exact) mass is 238 g/mol. The van der Waals surface area contributed by atoms with Crippen LogP contribution in [0, 0.1) is 11.8 Å². The summed E-state index contributed by atoms with van der Waals surface area (Å²) >= 11 is 0. The zero-order valence-corrected chi connectivity index (χ0v) is 10.5. The van der Waals surface area contributed by atoms with E-state index in [9.17, 15) is 0 Å². The van der Waals surface area contributed by atoms with Gasteiger partial charge in [0.1, 0.15) is 0 Å². The van der Waals surface area contributed by atoms with Gasteiger partial charge >= 0.3 is 6.01 Å². The number of rotatable bonds is 5. The molecule has 96 valence electrons. The topological polar surface area (TPSA) is 77.0 Å². The van der Waals surface area contributed by atoms with Crippen molar-refractivity contribution in [3.8, 4) is 0 Å². The van der Waals surface area contributed by atoms with Gasteiger partial charge in [-0.25, -0.2) is 0 Å². The Balaban J connectivity index is 1.72. The third-order valence-electron chi connectivity index (χ3n) is 3.73. The van der Waals surface area contributed by atoms with Crippen molar-refractivity contribution in [2.24, 2.45) is 17.6 Å². The van der Waals surface area contributed by atoms with Crippen molar-refractivity contribution in [1.29, 1.82) is 0 Å². The van der Waals surface area contributed by atoms with Crippen LogP contribution in [0.4, 0.5) is 6.01 Å². The molecule has 5 nitrogen and oxygen atoms in total. The summed E-state index contributed by atoms with van der Waals surface area (Å²) in [6.45, 7) is 3.52. The van der Waals surface area contributed by atoms with Crippen LogP contribution < -0.4 is 11.1 Å². The number of aromatic nitrogens is 2. The van der Waals surface area contributed by atoms with Gasteiger partial charge in [0.2, 0.25) is 5.89 Å². The molecule has 1 heterocycles. The van der Waals surface area contributed by atoms with Crippen molar-refractivity contribution < 1.29 is 4.42 Å². The fraction of sp³-hybridized carbons (Fsp3) is 0.833. The van der Waals surface area contributed by atoms with E-state index in [4.69, 9.17) is 10.2 Å². The van der Waals surface area contributed by atoms with Crippen LogP contribution in [-0.2, 0) is 6.54 Å². The highest BCUT2D eigenvalue weighted by Crippen LogP contribution is 2.30. The molecule has 0 unspecified atom stereocenters. The summed E-state index contributed by atoms with van der Waals surface area (Å²) in [6.07, 6.45) is 6.66. The van der Waals surface area contributed by atoms with Crippen molar-refractivity contribution in [2.75, 3.05) is 11.9 Å². The highest BCUT2D eigenvalue weighted by atomic mass is 16.4. The maximum atomic E-state index is 5.41. The zero-order valence-electron chi connectivity index (χ0n) is 10.5. The number of nitrogens with zero attached hydrogens (tertiary/aromatic N) is 2. The van der Waals surface area contributed by atoms with Gasteiger partial charge in [-0.15, -0.1) is 5.10 Å². The van der Waals surface area contributed by atoms with Gasteiger partial charge in [-0.05, 0) is 24.7 Å². The second kappa shape index (κ2) is 6.00. The summed E-state index contributed by atoms with van der Waals surface area (Å²) < 4.78 is 5.31. The SMILES string of the molecule is CCC1CCC(CNc2nnc(CN)o2)CC1. The molecule has 2 rings (SSSR count). The second-order valence-electron chi connectivity index (χ2n) is 4.88. The van der Waals surface area contributed by atoms with E-state index >= 15 is 0 Å². The summed E-state index contributed by atoms with van der Waals surface area (Å²) in [5, 5.41) is 10.9. The molecule has 1 aromatic heterocycles. The lowest BCUT2D eigenvalue weighted by atomic mass is 9.81. The Morgan fingerprint density at radius 2 is 1.94 bits per heavy atom. The number of nitrogens with one attached hydrogen (secondary N) is 1. The Morgan fingerprint density at radius 3 is 2.53 bits per heavy atom. The molecule has 0 bridgehead atoms. The minimum absolute atomic E-state index is 0.302. The van der Waals surface area contributed by atoms with Gasteiger partial charge in [0.15, 0.2) is 0 Å². The molecule has 0 aromatic carbocycles.